The Bertz CT molecular complexity index is 784. The summed E-state index contributed by atoms with van der Waals surface area (Å²) in [5.74, 6) is 2.77. The van der Waals surface area contributed by atoms with E-state index in [4.69, 9.17) is 9.72 Å². The quantitative estimate of drug-likeness (QED) is 0.784. The van der Waals surface area contributed by atoms with Gasteiger partial charge in [0, 0.05) is 12.6 Å². The molecule has 1 atom stereocenters. The van der Waals surface area contributed by atoms with Crippen LogP contribution in [0.4, 0.5) is 5.82 Å². The van der Waals surface area contributed by atoms with E-state index in [0.29, 0.717) is 6.61 Å². The van der Waals surface area contributed by atoms with Crippen molar-refractivity contribution in [2.75, 3.05) is 19.0 Å². The van der Waals surface area contributed by atoms with Crippen molar-refractivity contribution in [3.8, 4) is 5.75 Å². The predicted molar refractivity (Wildman–Crippen MR) is 80.7 cm³/mol. The Balaban J connectivity index is 1.87. The molecule has 0 amide bonds. The summed E-state index contributed by atoms with van der Waals surface area (Å²) >= 11 is 1.64. The average molecular weight is 283 g/mol. The second-order valence-corrected chi connectivity index (χ2v) is 5.62. The molecule has 0 bridgehead atoms. The summed E-state index contributed by atoms with van der Waals surface area (Å²) in [6, 6.07) is 10.2. The van der Waals surface area contributed by atoms with Crippen LogP contribution in [-0.2, 0) is 0 Å². The fraction of sp³-hybridized carbons (Fsp3) is 0.200. The first-order valence-corrected chi connectivity index (χ1v) is 7.39. The van der Waals surface area contributed by atoms with Crippen molar-refractivity contribution in [3.63, 3.8) is 0 Å². The zero-order chi connectivity index (χ0) is 13.5. The first kappa shape index (κ1) is 11.7. The van der Waals surface area contributed by atoms with Crippen molar-refractivity contribution in [1.29, 1.82) is 0 Å². The molecule has 4 rings (SSSR count). The van der Waals surface area contributed by atoms with Gasteiger partial charge in [0.05, 0.1) is 11.3 Å². The van der Waals surface area contributed by atoms with Crippen LogP contribution in [0.1, 0.15) is 17.3 Å². The highest BCUT2D eigenvalue weighted by Gasteiger charge is 2.28. The largest absolute Gasteiger partial charge is 0.492 e. The van der Waals surface area contributed by atoms with Crippen LogP contribution < -0.4 is 10.1 Å². The standard InChI is InChI=1S/C15H13N3OS/c1-16-13-10-6-7-20-15(10)18-14(17-13)11-8-19-12-5-3-2-4-9(11)12/h2-7,11H,8H2,1H3,(H,16,17,18). The van der Waals surface area contributed by atoms with Gasteiger partial charge in [-0.3, -0.25) is 0 Å². The molecule has 3 heterocycles. The number of ether oxygens (including phenoxy) is 1. The molecule has 0 saturated heterocycles. The lowest BCUT2D eigenvalue weighted by atomic mass is 10.0. The van der Waals surface area contributed by atoms with Gasteiger partial charge in [0.2, 0.25) is 0 Å². The number of hydrogen-bond acceptors (Lipinski definition) is 5. The Labute approximate surface area is 120 Å². The minimum absolute atomic E-state index is 0.116. The summed E-state index contributed by atoms with van der Waals surface area (Å²) in [4.78, 5) is 10.4. The van der Waals surface area contributed by atoms with E-state index < -0.39 is 0 Å². The first-order chi connectivity index (χ1) is 9.86. The monoisotopic (exact) mass is 283 g/mol. The van der Waals surface area contributed by atoms with Crippen LogP contribution in [0, 0.1) is 0 Å². The van der Waals surface area contributed by atoms with Crippen molar-refractivity contribution in [2.24, 2.45) is 0 Å². The van der Waals surface area contributed by atoms with Crippen LogP contribution in [0.5, 0.6) is 5.75 Å². The van der Waals surface area contributed by atoms with Gasteiger partial charge in [-0.2, -0.15) is 0 Å². The van der Waals surface area contributed by atoms with Gasteiger partial charge >= 0.3 is 0 Å². The molecule has 1 aliphatic rings. The maximum absolute atomic E-state index is 5.74. The second kappa shape index (κ2) is 4.45. The third-order valence-electron chi connectivity index (χ3n) is 3.59. The molecule has 1 aromatic carbocycles. The Kier molecular flexibility index (Phi) is 2.60. The van der Waals surface area contributed by atoms with Gasteiger partial charge in [-0.25, -0.2) is 9.97 Å². The molecule has 0 spiro atoms. The van der Waals surface area contributed by atoms with Crippen LogP contribution >= 0.6 is 11.3 Å². The van der Waals surface area contributed by atoms with Crippen molar-refractivity contribution < 1.29 is 4.74 Å². The summed E-state index contributed by atoms with van der Waals surface area (Å²) in [5, 5.41) is 6.28. The SMILES string of the molecule is CNc1nc(C2COc3ccccc32)nc2sccc12. The number of fused-ring (bicyclic) bond motifs is 2. The van der Waals surface area contributed by atoms with Gasteiger partial charge in [0.1, 0.15) is 28.8 Å². The molecule has 4 nitrogen and oxygen atoms in total. The molecule has 3 aromatic rings. The van der Waals surface area contributed by atoms with E-state index in [9.17, 15) is 0 Å². The Morgan fingerprint density at radius 1 is 1.25 bits per heavy atom. The number of anilines is 1. The van der Waals surface area contributed by atoms with Gasteiger partial charge in [0.25, 0.3) is 0 Å². The minimum Gasteiger partial charge on any atom is -0.492 e. The number of nitrogens with zero attached hydrogens (tertiary/aromatic N) is 2. The van der Waals surface area contributed by atoms with E-state index in [0.717, 1.165) is 27.6 Å². The topological polar surface area (TPSA) is 47.0 Å². The molecule has 20 heavy (non-hydrogen) atoms. The molecular weight excluding hydrogens is 270 g/mol. The number of rotatable bonds is 2. The average Bonchev–Trinajstić information content (AvgIpc) is 3.12. The van der Waals surface area contributed by atoms with Crippen molar-refractivity contribution >= 4 is 27.4 Å². The molecule has 1 N–H and O–H groups in total. The molecule has 0 radical (unpaired) electrons. The lowest BCUT2D eigenvalue weighted by Gasteiger charge is -2.10. The van der Waals surface area contributed by atoms with Crippen LogP contribution in [0.15, 0.2) is 35.7 Å². The van der Waals surface area contributed by atoms with Crippen LogP contribution in [0.3, 0.4) is 0 Å². The van der Waals surface area contributed by atoms with E-state index >= 15 is 0 Å². The van der Waals surface area contributed by atoms with Crippen molar-refractivity contribution in [2.45, 2.75) is 5.92 Å². The molecule has 5 heteroatoms. The summed E-state index contributed by atoms with van der Waals surface area (Å²) in [5.41, 5.74) is 1.17. The predicted octanol–water partition coefficient (Wildman–Crippen LogP) is 3.26. The van der Waals surface area contributed by atoms with Gasteiger partial charge < -0.3 is 10.1 Å². The number of aromatic nitrogens is 2. The molecule has 1 unspecified atom stereocenters. The van der Waals surface area contributed by atoms with E-state index in [1.54, 1.807) is 11.3 Å². The van der Waals surface area contributed by atoms with Gasteiger partial charge in [-0.15, -0.1) is 11.3 Å². The fourth-order valence-corrected chi connectivity index (χ4v) is 3.37. The second-order valence-electron chi connectivity index (χ2n) is 4.72. The number of hydrogen-bond donors (Lipinski definition) is 1. The number of para-hydroxylation sites is 1. The van der Waals surface area contributed by atoms with E-state index in [1.165, 1.54) is 5.56 Å². The number of nitrogens with one attached hydrogen (secondary N) is 1. The molecule has 0 saturated carbocycles. The Morgan fingerprint density at radius 2 is 2.15 bits per heavy atom. The van der Waals surface area contributed by atoms with E-state index in [1.807, 2.05) is 30.6 Å². The zero-order valence-electron chi connectivity index (χ0n) is 11.0. The normalized spacial score (nSPS) is 16.9. The first-order valence-electron chi connectivity index (χ1n) is 6.51. The molecule has 0 aliphatic carbocycles. The minimum atomic E-state index is 0.116. The maximum atomic E-state index is 5.74. The Morgan fingerprint density at radius 3 is 3.05 bits per heavy atom. The van der Waals surface area contributed by atoms with Gasteiger partial charge in [0.15, 0.2) is 0 Å². The zero-order valence-corrected chi connectivity index (χ0v) is 11.8. The van der Waals surface area contributed by atoms with Gasteiger partial charge in [-0.05, 0) is 17.5 Å². The van der Waals surface area contributed by atoms with E-state index in [-0.39, 0.29) is 5.92 Å². The van der Waals surface area contributed by atoms with Crippen LogP contribution in [-0.4, -0.2) is 23.6 Å². The maximum Gasteiger partial charge on any atom is 0.143 e. The van der Waals surface area contributed by atoms with Gasteiger partial charge in [-0.1, -0.05) is 18.2 Å². The fourth-order valence-electron chi connectivity index (χ4n) is 2.59. The lowest BCUT2D eigenvalue weighted by molar-refractivity contribution is 0.340. The molecular formula is C15H13N3OS. The lowest BCUT2D eigenvalue weighted by Crippen LogP contribution is -2.09. The Hall–Kier alpha value is -2.14. The molecule has 100 valence electrons. The highest BCUT2D eigenvalue weighted by atomic mass is 32.1. The van der Waals surface area contributed by atoms with E-state index in [2.05, 4.69) is 22.4 Å². The van der Waals surface area contributed by atoms with Crippen LogP contribution in [0.2, 0.25) is 0 Å². The molecule has 2 aromatic heterocycles. The number of benzene rings is 1. The highest BCUT2D eigenvalue weighted by molar-refractivity contribution is 7.16. The smallest absolute Gasteiger partial charge is 0.143 e. The summed E-state index contributed by atoms with van der Waals surface area (Å²) in [6.45, 7) is 0.610. The summed E-state index contributed by atoms with van der Waals surface area (Å²) < 4.78 is 5.74. The molecule has 0 fully saturated rings. The highest BCUT2D eigenvalue weighted by Crippen LogP contribution is 2.38. The molecule has 1 aliphatic heterocycles. The third-order valence-corrected chi connectivity index (χ3v) is 4.40. The third kappa shape index (κ3) is 1.67. The van der Waals surface area contributed by atoms with Crippen molar-refractivity contribution in [3.05, 3.63) is 47.1 Å². The van der Waals surface area contributed by atoms with Crippen LogP contribution in [0.25, 0.3) is 10.2 Å². The number of thiophene rings is 1. The van der Waals surface area contributed by atoms with Crippen molar-refractivity contribution in [1.82, 2.24) is 9.97 Å². The summed E-state index contributed by atoms with van der Waals surface area (Å²) in [6.07, 6.45) is 0. The summed E-state index contributed by atoms with van der Waals surface area (Å²) in [7, 11) is 1.89.